The topological polar surface area (TPSA) is 49.3 Å². The van der Waals surface area contributed by atoms with Gasteiger partial charge in [-0.05, 0) is 41.0 Å². The fourth-order valence-corrected chi connectivity index (χ4v) is 2.93. The Bertz CT molecular complexity index is 749. The normalized spacial score (nSPS) is 17.3. The molecule has 21 heavy (non-hydrogen) atoms. The number of hydrogen-bond donors (Lipinski definition) is 2. The van der Waals surface area contributed by atoms with Gasteiger partial charge in [-0.2, -0.15) is 0 Å². The van der Waals surface area contributed by atoms with E-state index in [9.17, 15) is 18.7 Å². The molecule has 2 aromatic rings. The summed E-state index contributed by atoms with van der Waals surface area (Å²) >= 11 is 3.16. The smallest absolute Gasteiger partial charge is 0.232 e. The van der Waals surface area contributed by atoms with Crippen molar-refractivity contribution in [2.24, 2.45) is 0 Å². The van der Waals surface area contributed by atoms with Gasteiger partial charge in [0.15, 0.2) is 11.6 Å². The lowest BCUT2D eigenvalue weighted by Crippen LogP contribution is -2.34. The van der Waals surface area contributed by atoms with Gasteiger partial charge < -0.3 is 10.4 Å². The van der Waals surface area contributed by atoms with Crippen molar-refractivity contribution in [3.05, 3.63) is 69.7 Å². The van der Waals surface area contributed by atoms with Gasteiger partial charge in [-0.15, -0.1) is 0 Å². The lowest BCUT2D eigenvalue weighted by Gasteiger charge is -2.26. The van der Waals surface area contributed by atoms with Gasteiger partial charge in [-0.1, -0.05) is 22.0 Å². The molecular formula is C15H9BrF2NO2. The number of nitrogens with one attached hydrogen (secondary N) is 1. The number of fused-ring (bicyclic) bond motifs is 1. The summed E-state index contributed by atoms with van der Waals surface area (Å²) in [5.74, 6) is -3.23. The van der Waals surface area contributed by atoms with E-state index in [1.807, 2.05) is 0 Å². The number of carbonyl (C=O) groups is 1. The SMILES string of the molecule is O=C1N[CH]c2ccc(O)cc2C1c1cc(F)c(F)cc1Br. The highest BCUT2D eigenvalue weighted by atomic mass is 79.9. The molecule has 3 rings (SSSR count). The standard InChI is InChI=1S/C15H9BrF2NO2/c16-11-5-13(18)12(17)4-10(11)14-9-3-8(20)2-1-7(9)6-19-15(14)21/h1-6,14,20H,(H,19,21). The summed E-state index contributed by atoms with van der Waals surface area (Å²) in [6, 6.07) is 6.56. The number of amides is 1. The predicted octanol–water partition coefficient (Wildman–Crippen LogP) is 3.20. The van der Waals surface area contributed by atoms with E-state index in [2.05, 4.69) is 21.2 Å². The summed E-state index contributed by atoms with van der Waals surface area (Å²) in [5, 5.41) is 12.2. The van der Waals surface area contributed by atoms with Crippen LogP contribution in [0.5, 0.6) is 5.75 Å². The molecule has 1 heterocycles. The molecule has 1 atom stereocenters. The maximum atomic E-state index is 13.5. The van der Waals surface area contributed by atoms with E-state index >= 15 is 0 Å². The van der Waals surface area contributed by atoms with E-state index in [0.717, 1.165) is 12.1 Å². The highest BCUT2D eigenvalue weighted by Crippen LogP contribution is 2.37. The first-order chi connectivity index (χ1) is 9.97. The van der Waals surface area contributed by atoms with Crippen LogP contribution in [0, 0.1) is 18.2 Å². The summed E-state index contributed by atoms with van der Waals surface area (Å²) in [4.78, 5) is 12.2. The first-order valence-electron chi connectivity index (χ1n) is 6.08. The van der Waals surface area contributed by atoms with Gasteiger partial charge >= 0.3 is 0 Å². The van der Waals surface area contributed by atoms with Crippen LogP contribution in [0.2, 0.25) is 0 Å². The van der Waals surface area contributed by atoms with Crippen molar-refractivity contribution in [2.45, 2.75) is 5.92 Å². The van der Waals surface area contributed by atoms with Crippen molar-refractivity contribution in [2.75, 3.05) is 0 Å². The molecule has 1 radical (unpaired) electrons. The van der Waals surface area contributed by atoms with Crippen molar-refractivity contribution < 1.29 is 18.7 Å². The van der Waals surface area contributed by atoms with Gasteiger partial charge in [0.05, 0.1) is 12.5 Å². The van der Waals surface area contributed by atoms with Gasteiger partial charge in [0.2, 0.25) is 5.91 Å². The maximum Gasteiger partial charge on any atom is 0.232 e. The van der Waals surface area contributed by atoms with Crippen molar-refractivity contribution >= 4 is 21.8 Å². The molecular weight excluding hydrogens is 344 g/mol. The fourth-order valence-electron chi connectivity index (χ4n) is 2.38. The van der Waals surface area contributed by atoms with Crippen molar-refractivity contribution in [3.8, 4) is 5.75 Å². The molecule has 0 saturated heterocycles. The van der Waals surface area contributed by atoms with Gasteiger partial charge in [0.25, 0.3) is 0 Å². The number of hydrogen-bond acceptors (Lipinski definition) is 2. The zero-order valence-corrected chi connectivity index (χ0v) is 12.1. The second kappa shape index (κ2) is 5.11. The Morgan fingerprint density at radius 2 is 1.81 bits per heavy atom. The van der Waals surface area contributed by atoms with Crippen LogP contribution in [-0.2, 0) is 4.79 Å². The van der Waals surface area contributed by atoms with E-state index in [-0.39, 0.29) is 16.1 Å². The summed E-state index contributed by atoms with van der Waals surface area (Å²) in [5.41, 5.74) is 1.53. The number of aromatic hydroxyl groups is 1. The Morgan fingerprint density at radius 1 is 1.10 bits per heavy atom. The Labute approximate surface area is 127 Å². The quantitative estimate of drug-likeness (QED) is 0.774. The lowest BCUT2D eigenvalue weighted by molar-refractivity contribution is -0.121. The van der Waals surface area contributed by atoms with Crippen molar-refractivity contribution in [3.63, 3.8) is 0 Å². The molecule has 1 amide bonds. The number of benzene rings is 2. The minimum absolute atomic E-state index is 0.000515. The number of phenols is 1. The Kier molecular flexibility index (Phi) is 3.41. The molecule has 1 aliphatic heterocycles. The Morgan fingerprint density at radius 3 is 2.57 bits per heavy atom. The van der Waals surface area contributed by atoms with Crippen LogP contribution in [0.4, 0.5) is 8.78 Å². The van der Waals surface area contributed by atoms with Crippen LogP contribution in [-0.4, -0.2) is 11.0 Å². The number of halogens is 3. The van der Waals surface area contributed by atoms with Crippen molar-refractivity contribution in [1.29, 1.82) is 0 Å². The van der Waals surface area contributed by atoms with Crippen LogP contribution >= 0.6 is 15.9 Å². The second-order valence-electron chi connectivity index (χ2n) is 4.69. The van der Waals surface area contributed by atoms with E-state index < -0.39 is 17.6 Å². The molecule has 1 unspecified atom stereocenters. The first kappa shape index (κ1) is 14.0. The summed E-state index contributed by atoms with van der Waals surface area (Å²) in [6.45, 7) is 1.52. The molecule has 0 fully saturated rings. The predicted molar refractivity (Wildman–Crippen MR) is 75.6 cm³/mol. The van der Waals surface area contributed by atoms with Crippen LogP contribution in [0.1, 0.15) is 22.6 Å². The lowest BCUT2D eigenvalue weighted by atomic mass is 9.84. The van der Waals surface area contributed by atoms with Gasteiger partial charge in [-0.25, -0.2) is 8.78 Å². The number of carbonyl (C=O) groups excluding carboxylic acids is 1. The van der Waals surface area contributed by atoms with Crippen LogP contribution in [0.3, 0.4) is 0 Å². The Hall–Kier alpha value is -1.95. The fraction of sp³-hybridized carbons (Fsp3) is 0.0667. The Balaban J connectivity index is 2.21. The third-order valence-corrected chi connectivity index (χ3v) is 4.05. The van der Waals surface area contributed by atoms with Gasteiger partial charge in [0, 0.05) is 4.47 Å². The molecule has 6 heteroatoms. The molecule has 0 bridgehead atoms. The highest BCUT2D eigenvalue weighted by Gasteiger charge is 2.31. The second-order valence-corrected chi connectivity index (χ2v) is 5.54. The average Bonchev–Trinajstić information content (AvgIpc) is 2.43. The molecule has 0 aromatic heterocycles. The van der Waals surface area contributed by atoms with E-state index in [1.165, 1.54) is 18.7 Å². The zero-order valence-electron chi connectivity index (χ0n) is 10.5. The summed E-state index contributed by atoms with van der Waals surface area (Å²) in [6.07, 6.45) is 0. The summed E-state index contributed by atoms with van der Waals surface area (Å²) < 4.78 is 27.0. The summed E-state index contributed by atoms with van der Waals surface area (Å²) in [7, 11) is 0. The van der Waals surface area contributed by atoms with Gasteiger partial charge in [-0.3, -0.25) is 4.79 Å². The van der Waals surface area contributed by atoms with E-state index in [4.69, 9.17) is 0 Å². The molecule has 107 valence electrons. The molecule has 2 N–H and O–H groups in total. The monoisotopic (exact) mass is 352 g/mol. The molecule has 0 spiro atoms. The maximum absolute atomic E-state index is 13.5. The number of phenolic OH excluding ortho intramolecular Hbond substituents is 1. The molecule has 1 aliphatic rings. The minimum atomic E-state index is -1.03. The number of rotatable bonds is 1. The first-order valence-corrected chi connectivity index (χ1v) is 6.87. The van der Waals surface area contributed by atoms with Crippen molar-refractivity contribution in [1.82, 2.24) is 5.32 Å². The largest absolute Gasteiger partial charge is 0.508 e. The molecule has 0 saturated carbocycles. The van der Waals surface area contributed by atoms with E-state index in [1.54, 1.807) is 6.07 Å². The van der Waals surface area contributed by atoms with Crippen LogP contribution < -0.4 is 5.32 Å². The van der Waals surface area contributed by atoms with Gasteiger partial charge in [0.1, 0.15) is 5.75 Å². The third kappa shape index (κ3) is 2.40. The highest BCUT2D eigenvalue weighted by molar-refractivity contribution is 9.10. The minimum Gasteiger partial charge on any atom is -0.508 e. The van der Waals surface area contributed by atoms with Crippen LogP contribution in [0.25, 0.3) is 0 Å². The van der Waals surface area contributed by atoms with Crippen LogP contribution in [0.15, 0.2) is 34.8 Å². The average molecular weight is 353 g/mol. The zero-order chi connectivity index (χ0) is 15.1. The molecule has 3 nitrogen and oxygen atoms in total. The third-order valence-electron chi connectivity index (χ3n) is 3.36. The molecule has 2 aromatic carbocycles. The molecule has 0 aliphatic carbocycles. The van der Waals surface area contributed by atoms with E-state index in [0.29, 0.717) is 16.7 Å².